The smallest absolute Gasteiger partial charge is 0.128 e. The third-order valence-electron chi connectivity index (χ3n) is 5.19. The maximum atomic E-state index is 5.51. The predicted octanol–water partition coefficient (Wildman–Crippen LogP) is 4.53. The van der Waals surface area contributed by atoms with E-state index < -0.39 is 0 Å². The quantitative estimate of drug-likeness (QED) is 0.671. The van der Waals surface area contributed by atoms with E-state index in [0.717, 1.165) is 42.3 Å². The topological polar surface area (TPSA) is 38.2 Å². The van der Waals surface area contributed by atoms with E-state index in [9.17, 15) is 0 Å². The Morgan fingerprint density at radius 2 is 1.93 bits per heavy atom. The zero-order valence-corrected chi connectivity index (χ0v) is 15.7. The lowest BCUT2D eigenvalue weighted by Gasteiger charge is -2.32. The summed E-state index contributed by atoms with van der Waals surface area (Å²) in [5.41, 5.74) is 4.33. The van der Waals surface area contributed by atoms with Gasteiger partial charge in [0.25, 0.3) is 0 Å². The number of piperidine rings is 1. The molecule has 4 rings (SSSR count). The first-order chi connectivity index (χ1) is 13.3. The largest absolute Gasteiger partial charge is 0.496 e. The van der Waals surface area contributed by atoms with Crippen molar-refractivity contribution in [2.75, 3.05) is 20.2 Å². The lowest BCUT2D eigenvalue weighted by molar-refractivity contribution is 0.196. The molecule has 0 aliphatic carbocycles. The standard InChI is InChI=1S/C23H25N3O/c1-27-23-13-3-2-10-20(23)22-12-6-11-21(25-22)18-8-7-15-26(16-18)17-19-9-4-5-14-24-19/h2-6,9-14,18H,7-8,15-17H2,1H3/t18-/m0/s1. The molecule has 1 aliphatic rings. The Hall–Kier alpha value is -2.72. The normalized spacial score (nSPS) is 17.6. The Morgan fingerprint density at radius 3 is 2.78 bits per heavy atom. The molecule has 0 saturated carbocycles. The summed E-state index contributed by atoms with van der Waals surface area (Å²) < 4.78 is 5.51. The number of hydrogen-bond acceptors (Lipinski definition) is 4. The summed E-state index contributed by atoms with van der Waals surface area (Å²) >= 11 is 0. The maximum absolute atomic E-state index is 5.51. The Labute approximate surface area is 160 Å². The highest BCUT2D eigenvalue weighted by atomic mass is 16.5. The summed E-state index contributed by atoms with van der Waals surface area (Å²) in [5, 5.41) is 0. The van der Waals surface area contributed by atoms with Crippen LogP contribution in [0.3, 0.4) is 0 Å². The van der Waals surface area contributed by atoms with Gasteiger partial charge >= 0.3 is 0 Å². The first-order valence-electron chi connectivity index (χ1n) is 9.56. The number of methoxy groups -OCH3 is 1. The number of rotatable bonds is 5. The van der Waals surface area contributed by atoms with Gasteiger partial charge in [-0.1, -0.05) is 24.3 Å². The van der Waals surface area contributed by atoms with E-state index in [1.54, 1.807) is 7.11 Å². The maximum Gasteiger partial charge on any atom is 0.128 e. The van der Waals surface area contributed by atoms with Gasteiger partial charge in [0.1, 0.15) is 5.75 Å². The van der Waals surface area contributed by atoms with Gasteiger partial charge in [0.15, 0.2) is 0 Å². The van der Waals surface area contributed by atoms with Gasteiger partial charge in [-0.3, -0.25) is 14.9 Å². The monoisotopic (exact) mass is 359 g/mol. The first kappa shape index (κ1) is 17.7. The molecule has 4 nitrogen and oxygen atoms in total. The predicted molar refractivity (Wildman–Crippen MR) is 108 cm³/mol. The molecule has 1 aromatic carbocycles. The fraction of sp³-hybridized carbons (Fsp3) is 0.304. The second-order valence-corrected chi connectivity index (χ2v) is 7.04. The Kier molecular flexibility index (Phi) is 5.45. The first-order valence-corrected chi connectivity index (χ1v) is 9.56. The molecule has 0 unspecified atom stereocenters. The van der Waals surface area contributed by atoms with Gasteiger partial charge in [-0.2, -0.15) is 0 Å². The number of benzene rings is 1. The van der Waals surface area contributed by atoms with Crippen molar-refractivity contribution < 1.29 is 4.74 Å². The highest BCUT2D eigenvalue weighted by Crippen LogP contribution is 2.31. The molecule has 3 aromatic rings. The zero-order chi connectivity index (χ0) is 18.5. The van der Waals surface area contributed by atoms with Crippen LogP contribution in [0.5, 0.6) is 5.75 Å². The van der Waals surface area contributed by atoms with Crippen molar-refractivity contribution in [3.05, 3.63) is 78.2 Å². The van der Waals surface area contributed by atoms with Gasteiger partial charge in [-0.15, -0.1) is 0 Å². The zero-order valence-electron chi connectivity index (χ0n) is 15.7. The van der Waals surface area contributed by atoms with E-state index in [0.29, 0.717) is 5.92 Å². The molecule has 138 valence electrons. The number of likely N-dealkylation sites (tertiary alicyclic amines) is 1. The highest BCUT2D eigenvalue weighted by Gasteiger charge is 2.23. The SMILES string of the molecule is COc1ccccc1-c1cccc([C@H]2CCCN(Cc3ccccn3)C2)n1. The van der Waals surface area contributed by atoms with E-state index in [1.165, 1.54) is 18.5 Å². The van der Waals surface area contributed by atoms with Crippen LogP contribution in [-0.2, 0) is 6.54 Å². The van der Waals surface area contributed by atoms with Gasteiger partial charge in [0.2, 0.25) is 0 Å². The molecule has 1 fully saturated rings. The molecule has 3 heterocycles. The fourth-order valence-corrected chi connectivity index (χ4v) is 3.85. The average Bonchev–Trinajstić information content (AvgIpc) is 2.75. The van der Waals surface area contributed by atoms with Crippen molar-refractivity contribution in [1.82, 2.24) is 14.9 Å². The molecule has 0 radical (unpaired) electrons. The van der Waals surface area contributed by atoms with Gasteiger partial charge < -0.3 is 4.74 Å². The summed E-state index contributed by atoms with van der Waals surface area (Å²) in [6, 6.07) is 20.5. The average molecular weight is 359 g/mol. The van der Waals surface area contributed by atoms with E-state index in [2.05, 4.69) is 46.3 Å². The molecule has 27 heavy (non-hydrogen) atoms. The van der Waals surface area contributed by atoms with Gasteiger partial charge in [-0.25, -0.2) is 0 Å². The fourth-order valence-electron chi connectivity index (χ4n) is 3.85. The lowest BCUT2D eigenvalue weighted by atomic mass is 9.93. The Balaban J connectivity index is 1.53. The number of pyridine rings is 2. The van der Waals surface area contributed by atoms with Crippen molar-refractivity contribution in [2.24, 2.45) is 0 Å². The summed E-state index contributed by atoms with van der Waals surface area (Å²) in [4.78, 5) is 12.0. The van der Waals surface area contributed by atoms with Crippen LogP contribution in [0.25, 0.3) is 11.3 Å². The molecular weight excluding hydrogens is 334 g/mol. The van der Waals surface area contributed by atoms with Crippen molar-refractivity contribution in [3.63, 3.8) is 0 Å². The van der Waals surface area contributed by atoms with Crippen molar-refractivity contribution in [1.29, 1.82) is 0 Å². The minimum atomic E-state index is 0.456. The molecule has 0 bridgehead atoms. The van der Waals surface area contributed by atoms with E-state index in [-0.39, 0.29) is 0 Å². The van der Waals surface area contributed by atoms with Crippen molar-refractivity contribution >= 4 is 0 Å². The third kappa shape index (κ3) is 4.17. The summed E-state index contributed by atoms with van der Waals surface area (Å²) in [5.74, 6) is 1.32. The number of ether oxygens (including phenoxy) is 1. The highest BCUT2D eigenvalue weighted by molar-refractivity contribution is 5.67. The van der Waals surface area contributed by atoms with Crippen molar-refractivity contribution in [3.8, 4) is 17.0 Å². The second-order valence-electron chi connectivity index (χ2n) is 7.04. The van der Waals surface area contributed by atoms with Crippen LogP contribution in [0.15, 0.2) is 66.9 Å². The van der Waals surface area contributed by atoms with Crippen LogP contribution in [0, 0.1) is 0 Å². The number of para-hydroxylation sites is 1. The molecule has 0 N–H and O–H groups in total. The number of hydrogen-bond donors (Lipinski definition) is 0. The number of nitrogens with zero attached hydrogens (tertiary/aromatic N) is 3. The van der Waals surface area contributed by atoms with E-state index >= 15 is 0 Å². The lowest BCUT2D eigenvalue weighted by Crippen LogP contribution is -2.34. The van der Waals surface area contributed by atoms with Crippen LogP contribution in [0.4, 0.5) is 0 Å². The Bertz CT molecular complexity index is 882. The summed E-state index contributed by atoms with van der Waals surface area (Å²) in [7, 11) is 1.71. The molecule has 2 aromatic heterocycles. The minimum absolute atomic E-state index is 0.456. The van der Waals surface area contributed by atoms with Gasteiger partial charge in [0.05, 0.1) is 18.5 Å². The van der Waals surface area contributed by atoms with Gasteiger partial charge in [-0.05, 0) is 55.8 Å². The van der Waals surface area contributed by atoms with E-state index in [1.807, 2.05) is 30.5 Å². The molecule has 0 spiro atoms. The minimum Gasteiger partial charge on any atom is -0.496 e. The molecule has 1 aliphatic heterocycles. The van der Waals surface area contributed by atoms with E-state index in [4.69, 9.17) is 9.72 Å². The summed E-state index contributed by atoms with van der Waals surface area (Å²) in [6.45, 7) is 3.06. The van der Waals surface area contributed by atoms with Crippen LogP contribution in [0.1, 0.15) is 30.1 Å². The third-order valence-corrected chi connectivity index (χ3v) is 5.19. The Morgan fingerprint density at radius 1 is 1.04 bits per heavy atom. The molecule has 0 amide bonds. The van der Waals surface area contributed by atoms with Crippen LogP contribution in [0.2, 0.25) is 0 Å². The molecule has 1 saturated heterocycles. The summed E-state index contributed by atoms with van der Waals surface area (Å²) in [6.07, 6.45) is 4.24. The second kappa shape index (κ2) is 8.31. The van der Waals surface area contributed by atoms with Crippen LogP contribution < -0.4 is 4.74 Å². The van der Waals surface area contributed by atoms with Crippen molar-refractivity contribution in [2.45, 2.75) is 25.3 Å². The number of aromatic nitrogens is 2. The molecular formula is C23H25N3O. The van der Waals surface area contributed by atoms with Crippen LogP contribution in [-0.4, -0.2) is 35.1 Å². The van der Waals surface area contributed by atoms with Crippen LogP contribution >= 0.6 is 0 Å². The van der Waals surface area contributed by atoms with Gasteiger partial charge in [0, 0.05) is 36.5 Å². The molecule has 1 atom stereocenters. The molecule has 4 heteroatoms.